The Morgan fingerprint density at radius 1 is 1.11 bits per heavy atom. The summed E-state index contributed by atoms with van der Waals surface area (Å²) in [6.07, 6.45) is 0. The number of rotatable bonds is 5. The first kappa shape index (κ1) is 23.3. The van der Waals surface area contributed by atoms with Crippen LogP contribution < -0.4 is 10.2 Å². The van der Waals surface area contributed by atoms with Gasteiger partial charge in [-0.05, 0) is 79.2 Å². The van der Waals surface area contributed by atoms with Crippen LogP contribution in [0.5, 0.6) is 0 Å². The molecule has 0 spiro atoms. The summed E-state index contributed by atoms with van der Waals surface area (Å²) >= 11 is 7.56. The van der Waals surface area contributed by atoms with Crippen LogP contribution in [0.1, 0.15) is 34.1 Å². The molecule has 8 heteroatoms. The van der Waals surface area contributed by atoms with Crippen molar-refractivity contribution in [2.75, 3.05) is 4.90 Å². The fourth-order valence-corrected chi connectivity index (χ4v) is 5.39. The summed E-state index contributed by atoms with van der Waals surface area (Å²) in [4.78, 5) is 30.3. The van der Waals surface area contributed by atoms with E-state index in [1.165, 1.54) is 0 Å². The van der Waals surface area contributed by atoms with Crippen LogP contribution in [0, 0.1) is 13.8 Å². The molecule has 2 aromatic heterocycles. The van der Waals surface area contributed by atoms with Crippen molar-refractivity contribution in [3.8, 4) is 10.6 Å². The van der Waals surface area contributed by atoms with E-state index in [2.05, 4.69) is 11.4 Å². The number of fused-ring (bicyclic) bond motifs is 1. The van der Waals surface area contributed by atoms with E-state index in [1.807, 2.05) is 61.7 Å². The molecule has 1 aliphatic rings. The molecule has 3 heterocycles. The van der Waals surface area contributed by atoms with Crippen molar-refractivity contribution in [1.29, 1.82) is 0 Å². The number of carbonyl (C=O) groups excluding carboxylic acids is 2. The third-order valence-electron chi connectivity index (χ3n) is 6.25. The average molecular weight is 505 g/mol. The van der Waals surface area contributed by atoms with Gasteiger partial charge in [0.2, 0.25) is 5.91 Å². The summed E-state index contributed by atoms with van der Waals surface area (Å²) in [7, 11) is 0. The van der Waals surface area contributed by atoms with E-state index in [4.69, 9.17) is 16.7 Å². The number of nitrogens with one attached hydrogen (secondary N) is 1. The maximum atomic E-state index is 13.9. The molecule has 4 aromatic rings. The highest BCUT2D eigenvalue weighted by Crippen LogP contribution is 2.35. The Labute approximate surface area is 213 Å². The van der Waals surface area contributed by atoms with Crippen LogP contribution in [0.25, 0.3) is 10.6 Å². The van der Waals surface area contributed by atoms with Gasteiger partial charge in [0.05, 0.1) is 11.4 Å². The molecule has 0 fully saturated rings. The second-order valence-electron chi connectivity index (χ2n) is 9.12. The van der Waals surface area contributed by atoms with E-state index in [0.717, 1.165) is 27.3 Å². The Bertz CT molecular complexity index is 1390. The van der Waals surface area contributed by atoms with Crippen molar-refractivity contribution in [3.63, 3.8) is 0 Å². The van der Waals surface area contributed by atoms with Gasteiger partial charge in [0.15, 0.2) is 0 Å². The Kier molecular flexibility index (Phi) is 5.99. The summed E-state index contributed by atoms with van der Waals surface area (Å²) < 4.78 is 1.67. The van der Waals surface area contributed by atoms with E-state index >= 15 is 0 Å². The highest BCUT2D eigenvalue weighted by atomic mass is 35.5. The van der Waals surface area contributed by atoms with E-state index in [0.29, 0.717) is 22.9 Å². The minimum atomic E-state index is -1.19. The van der Waals surface area contributed by atoms with Crippen molar-refractivity contribution >= 4 is 40.4 Å². The minimum Gasteiger partial charge on any atom is -0.350 e. The minimum absolute atomic E-state index is 0.235. The van der Waals surface area contributed by atoms with Gasteiger partial charge in [-0.1, -0.05) is 35.9 Å². The van der Waals surface area contributed by atoms with E-state index in [1.54, 1.807) is 40.0 Å². The van der Waals surface area contributed by atoms with Gasteiger partial charge in [0.1, 0.15) is 16.9 Å². The summed E-state index contributed by atoms with van der Waals surface area (Å²) in [5.41, 5.74) is 3.68. The Morgan fingerprint density at radius 3 is 2.49 bits per heavy atom. The predicted octanol–water partition coefficient (Wildman–Crippen LogP) is 5.62. The van der Waals surface area contributed by atoms with Gasteiger partial charge in [-0.15, -0.1) is 11.3 Å². The topological polar surface area (TPSA) is 67.2 Å². The molecular weight excluding hydrogens is 480 g/mol. The molecule has 0 saturated carbocycles. The quantitative estimate of drug-likeness (QED) is 0.383. The summed E-state index contributed by atoms with van der Waals surface area (Å²) in [5.74, 6) is -0.500. The molecule has 0 radical (unpaired) electrons. The highest BCUT2D eigenvalue weighted by molar-refractivity contribution is 7.13. The molecule has 0 aliphatic carbocycles. The molecule has 1 aliphatic heterocycles. The van der Waals surface area contributed by atoms with Crippen LogP contribution in [0.3, 0.4) is 0 Å². The SMILES string of the molecule is Cc1cc(C)cc(N2C(=O)c3cc(-c4cccs4)nn3C[C@]2(C)C(=O)NCc2ccc(Cl)cc2)c1. The Balaban J connectivity index is 1.55. The van der Waals surface area contributed by atoms with Crippen molar-refractivity contribution in [2.24, 2.45) is 0 Å². The first-order valence-electron chi connectivity index (χ1n) is 11.3. The molecule has 35 heavy (non-hydrogen) atoms. The van der Waals surface area contributed by atoms with Gasteiger partial charge in [-0.25, -0.2) is 0 Å². The zero-order valence-electron chi connectivity index (χ0n) is 19.7. The van der Waals surface area contributed by atoms with Crippen LogP contribution >= 0.6 is 22.9 Å². The van der Waals surface area contributed by atoms with Gasteiger partial charge in [0, 0.05) is 17.3 Å². The van der Waals surface area contributed by atoms with Crippen LogP contribution in [-0.4, -0.2) is 27.1 Å². The van der Waals surface area contributed by atoms with Gasteiger partial charge in [0.25, 0.3) is 5.91 Å². The molecule has 5 rings (SSSR count). The second-order valence-corrected chi connectivity index (χ2v) is 10.5. The normalized spacial score (nSPS) is 17.4. The van der Waals surface area contributed by atoms with Gasteiger partial charge in [-0.3, -0.25) is 19.2 Å². The lowest BCUT2D eigenvalue weighted by molar-refractivity contribution is -0.126. The molecule has 0 saturated heterocycles. The van der Waals surface area contributed by atoms with Crippen LogP contribution in [0.2, 0.25) is 5.02 Å². The summed E-state index contributed by atoms with van der Waals surface area (Å²) in [6.45, 7) is 6.34. The maximum absolute atomic E-state index is 13.9. The first-order chi connectivity index (χ1) is 16.7. The number of aromatic nitrogens is 2. The number of halogens is 1. The van der Waals surface area contributed by atoms with Gasteiger partial charge < -0.3 is 5.32 Å². The lowest BCUT2D eigenvalue weighted by atomic mass is 9.93. The first-order valence-corrected chi connectivity index (χ1v) is 12.6. The van der Waals surface area contributed by atoms with Crippen molar-refractivity contribution in [3.05, 3.63) is 93.5 Å². The number of nitrogens with zero attached hydrogens (tertiary/aromatic N) is 3. The molecule has 1 N–H and O–H groups in total. The van der Waals surface area contributed by atoms with Crippen molar-refractivity contribution in [1.82, 2.24) is 15.1 Å². The Morgan fingerprint density at radius 2 is 1.83 bits per heavy atom. The number of anilines is 1. The third kappa shape index (κ3) is 4.37. The van der Waals surface area contributed by atoms with Crippen molar-refractivity contribution < 1.29 is 9.59 Å². The third-order valence-corrected chi connectivity index (χ3v) is 7.39. The van der Waals surface area contributed by atoms with Crippen LogP contribution in [-0.2, 0) is 17.9 Å². The molecule has 0 bridgehead atoms. The fourth-order valence-electron chi connectivity index (χ4n) is 4.59. The van der Waals surface area contributed by atoms with Crippen LogP contribution in [0.15, 0.2) is 66.0 Å². The highest BCUT2D eigenvalue weighted by Gasteiger charge is 2.49. The molecule has 6 nitrogen and oxygen atoms in total. The van der Waals surface area contributed by atoms with Crippen molar-refractivity contribution in [2.45, 2.75) is 39.4 Å². The zero-order valence-corrected chi connectivity index (χ0v) is 21.3. The average Bonchev–Trinajstić information content (AvgIpc) is 3.48. The summed E-state index contributed by atoms with van der Waals surface area (Å²) in [6, 6.07) is 19.0. The number of aryl methyl sites for hydroxylation is 2. The molecule has 178 valence electrons. The number of hydrogen-bond donors (Lipinski definition) is 1. The lowest BCUT2D eigenvalue weighted by Gasteiger charge is -2.43. The summed E-state index contributed by atoms with van der Waals surface area (Å²) in [5, 5.41) is 10.3. The second kappa shape index (κ2) is 8.98. The molecule has 2 aromatic carbocycles. The van der Waals surface area contributed by atoms with E-state index in [9.17, 15) is 9.59 Å². The fraction of sp³-hybridized carbons (Fsp3) is 0.222. The smallest absolute Gasteiger partial charge is 0.277 e. The number of benzene rings is 2. The van der Waals surface area contributed by atoms with Crippen LogP contribution in [0.4, 0.5) is 5.69 Å². The molecule has 1 atom stereocenters. The molecule has 2 amide bonds. The number of thiophene rings is 1. The molecular formula is C27H25ClN4O2S. The monoisotopic (exact) mass is 504 g/mol. The zero-order chi connectivity index (χ0) is 24.7. The maximum Gasteiger partial charge on any atom is 0.277 e. The van der Waals surface area contributed by atoms with E-state index in [-0.39, 0.29) is 18.4 Å². The van der Waals surface area contributed by atoms with E-state index < -0.39 is 5.54 Å². The number of amides is 2. The van der Waals surface area contributed by atoms with Gasteiger partial charge in [-0.2, -0.15) is 5.10 Å². The largest absolute Gasteiger partial charge is 0.350 e. The predicted molar refractivity (Wildman–Crippen MR) is 140 cm³/mol. The molecule has 0 unspecified atom stereocenters. The number of hydrogen-bond acceptors (Lipinski definition) is 4. The van der Waals surface area contributed by atoms with Gasteiger partial charge >= 0.3 is 0 Å². The number of carbonyl (C=O) groups is 2. The lowest BCUT2D eigenvalue weighted by Crippen LogP contribution is -2.64. The Hall–Kier alpha value is -3.42. The standard InChI is InChI=1S/C27H25ClN4O2S/c1-17-11-18(2)13-21(12-17)32-25(33)23-14-22(24-5-4-10-35-24)30-31(23)16-27(32,3)26(34)29-15-19-6-8-20(28)9-7-19/h4-14H,15-16H2,1-3H3,(H,29,34)/t27-/m1/s1.